The molecule has 1 amide bonds. The monoisotopic (exact) mass is 237 g/mol. The van der Waals surface area contributed by atoms with Crippen molar-refractivity contribution in [3.05, 3.63) is 23.9 Å². The van der Waals surface area contributed by atoms with Crippen LogP contribution >= 0.6 is 11.8 Å². The highest BCUT2D eigenvalue weighted by atomic mass is 32.2. The van der Waals surface area contributed by atoms with E-state index in [9.17, 15) is 4.79 Å². The van der Waals surface area contributed by atoms with Crippen molar-refractivity contribution in [3.8, 4) is 5.88 Å². The molecule has 0 spiro atoms. The summed E-state index contributed by atoms with van der Waals surface area (Å²) in [6.45, 7) is 0.765. The van der Waals surface area contributed by atoms with Crippen molar-refractivity contribution in [1.29, 1.82) is 0 Å². The average molecular weight is 237 g/mol. The predicted molar refractivity (Wildman–Crippen MR) is 63.0 cm³/mol. The van der Waals surface area contributed by atoms with Gasteiger partial charge in [-0.3, -0.25) is 9.79 Å². The number of nitrogens with zero attached hydrogens (tertiary/aromatic N) is 2. The van der Waals surface area contributed by atoms with E-state index in [-0.39, 0.29) is 5.91 Å². The summed E-state index contributed by atoms with van der Waals surface area (Å²) in [5, 5.41) is 3.41. The molecule has 84 valence electrons. The Morgan fingerprint density at radius 2 is 2.44 bits per heavy atom. The van der Waals surface area contributed by atoms with Crippen molar-refractivity contribution in [2.75, 3.05) is 19.4 Å². The minimum absolute atomic E-state index is 0.191. The predicted octanol–water partition coefficient (Wildman–Crippen LogP) is 0.923. The minimum atomic E-state index is -0.191. The van der Waals surface area contributed by atoms with Gasteiger partial charge in [-0.25, -0.2) is 4.98 Å². The van der Waals surface area contributed by atoms with E-state index in [1.165, 1.54) is 13.3 Å². The molecule has 0 saturated carbocycles. The van der Waals surface area contributed by atoms with E-state index < -0.39 is 0 Å². The Labute approximate surface area is 97.3 Å². The lowest BCUT2D eigenvalue weighted by Crippen LogP contribution is -2.27. The summed E-state index contributed by atoms with van der Waals surface area (Å²) in [5.41, 5.74) is 0.496. The summed E-state index contributed by atoms with van der Waals surface area (Å²) >= 11 is 1.55. The molecule has 1 aliphatic heterocycles. The number of hydrogen-bond acceptors (Lipinski definition) is 5. The number of ether oxygens (including phenoxy) is 1. The van der Waals surface area contributed by atoms with Crippen molar-refractivity contribution in [3.63, 3.8) is 0 Å². The molecule has 2 heterocycles. The summed E-state index contributed by atoms with van der Waals surface area (Å²) in [6, 6.07) is 3.32. The number of amidine groups is 1. The number of methoxy groups -OCH3 is 1. The quantitative estimate of drug-likeness (QED) is 0.831. The lowest BCUT2D eigenvalue weighted by atomic mass is 10.3. The van der Waals surface area contributed by atoms with Gasteiger partial charge in [0.05, 0.1) is 19.2 Å². The van der Waals surface area contributed by atoms with Crippen LogP contribution in [0.1, 0.15) is 10.4 Å². The van der Waals surface area contributed by atoms with Gasteiger partial charge in [0.2, 0.25) is 5.88 Å². The highest BCUT2D eigenvalue weighted by molar-refractivity contribution is 8.14. The van der Waals surface area contributed by atoms with Gasteiger partial charge in [0.1, 0.15) is 0 Å². The van der Waals surface area contributed by atoms with Gasteiger partial charge in [0, 0.05) is 18.0 Å². The Hall–Kier alpha value is -1.56. The first kappa shape index (κ1) is 10.9. The second-order valence-electron chi connectivity index (χ2n) is 3.08. The molecule has 0 bridgehead atoms. The summed E-state index contributed by atoms with van der Waals surface area (Å²) in [5.74, 6) is 1.23. The number of carbonyl (C=O) groups is 1. The molecule has 0 aliphatic carbocycles. The molecular formula is C10H11N3O2S. The minimum Gasteiger partial charge on any atom is -0.481 e. The van der Waals surface area contributed by atoms with Gasteiger partial charge in [-0.1, -0.05) is 11.8 Å². The van der Waals surface area contributed by atoms with Crippen LogP contribution < -0.4 is 10.1 Å². The van der Waals surface area contributed by atoms with Gasteiger partial charge >= 0.3 is 0 Å². The van der Waals surface area contributed by atoms with Crippen LogP contribution in [-0.2, 0) is 0 Å². The fraction of sp³-hybridized carbons (Fsp3) is 0.300. The molecule has 0 radical (unpaired) electrons. The molecule has 1 aliphatic rings. The van der Waals surface area contributed by atoms with Gasteiger partial charge in [-0.05, 0) is 6.07 Å². The SMILES string of the molecule is COc1ccc(C(=O)NC2=NCCS2)cn1. The molecular weight excluding hydrogens is 226 g/mol. The Morgan fingerprint density at radius 1 is 1.56 bits per heavy atom. The van der Waals surface area contributed by atoms with E-state index in [2.05, 4.69) is 15.3 Å². The number of hydrogen-bond donors (Lipinski definition) is 1. The van der Waals surface area contributed by atoms with E-state index in [0.717, 1.165) is 12.3 Å². The highest BCUT2D eigenvalue weighted by Crippen LogP contribution is 2.11. The molecule has 2 rings (SSSR count). The first-order valence-corrected chi connectivity index (χ1v) is 5.77. The average Bonchev–Trinajstić information content (AvgIpc) is 2.82. The Balaban J connectivity index is 2.02. The number of amides is 1. The third kappa shape index (κ3) is 2.52. The second kappa shape index (κ2) is 4.98. The fourth-order valence-corrected chi connectivity index (χ4v) is 1.94. The van der Waals surface area contributed by atoms with E-state index in [0.29, 0.717) is 16.6 Å². The Kier molecular flexibility index (Phi) is 3.40. The number of nitrogens with one attached hydrogen (secondary N) is 1. The molecule has 0 unspecified atom stereocenters. The molecule has 16 heavy (non-hydrogen) atoms. The number of pyridine rings is 1. The maximum Gasteiger partial charge on any atom is 0.258 e. The number of aromatic nitrogens is 1. The normalized spacial score (nSPS) is 14.4. The number of aliphatic imine (C=N–C) groups is 1. The zero-order valence-corrected chi connectivity index (χ0v) is 9.58. The van der Waals surface area contributed by atoms with Crippen LogP contribution in [0.2, 0.25) is 0 Å². The van der Waals surface area contributed by atoms with E-state index in [1.54, 1.807) is 23.9 Å². The number of rotatable bonds is 2. The third-order valence-electron chi connectivity index (χ3n) is 2.01. The van der Waals surface area contributed by atoms with Crippen molar-refractivity contribution < 1.29 is 9.53 Å². The summed E-state index contributed by atoms with van der Waals surface area (Å²) in [6.07, 6.45) is 1.48. The number of thioether (sulfide) groups is 1. The molecule has 0 saturated heterocycles. The standard InChI is InChI=1S/C10H11N3O2S/c1-15-8-3-2-7(6-12-8)9(14)13-10-11-4-5-16-10/h2-3,6H,4-5H2,1H3,(H,11,13,14). The van der Waals surface area contributed by atoms with Gasteiger partial charge < -0.3 is 10.1 Å². The van der Waals surface area contributed by atoms with Crippen molar-refractivity contribution in [2.45, 2.75) is 0 Å². The van der Waals surface area contributed by atoms with E-state index in [4.69, 9.17) is 4.74 Å². The van der Waals surface area contributed by atoms with Crippen molar-refractivity contribution in [1.82, 2.24) is 10.3 Å². The summed E-state index contributed by atoms with van der Waals surface area (Å²) in [4.78, 5) is 19.8. The van der Waals surface area contributed by atoms with Gasteiger partial charge in [-0.2, -0.15) is 0 Å². The molecule has 5 nitrogen and oxygen atoms in total. The Morgan fingerprint density at radius 3 is 3.00 bits per heavy atom. The molecule has 0 aromatic carbocycles. The largest absolute Gasteiger partial charge is 0.481 e. The van der Waals surface area contributed by atoms with Crippen LogP contribution in [0.5, 0.6) is 5.88 Å². The molecule has 6 heteroatoms. The maximum absolute atomic E-state index is 11.7. The van der Waals surface area contributed by atoms with Crippen LogP contribution in [0.15, 0.2) is 23.3 Å². The zero-order chi connectivity index (χ0) is 11.4. The topological polar surface area (TPSA) is 63.6 Å². The molecule has 0 fully saturated rings. The van der Waals surface area contributed by atoms with E-state index in [1.807, 2.05) is 0 Å². The summed E-state index contributed by atoms with van der Waals surface area (Å²) in [7, 11) is 1.53. The molecule has 0 atom stereocenters. The number of carbonyl (C=O) groups excluding carboxylic acids is 1. The van der Waals surface area contributed by atoms with E-state index >= 15 is 0 Å². The van der Waals surface area contributed by atoms with Crippen LogP contribution in [0.25, 0.3) is 0 Å². The third-order valence-corrected chi connectivity index (χ3v) is 2.90. The summed E-state index contributed by atoms with van der Waals surface area (Å²) < 4.78 is 4.91. The molecule has 1 aromatic rings. The zero-order valence-electron chi connectivity index (χ0n) is 8.77. The molecule has 1 N–H and O–H groups in total. The maximum atomic E-state index is 11.7. The first-order chi connectivity index (χ1) is 7.79. The van der Waals surface area contributed by atoms with Crippen LogP contribution in [0.3, 0.4) is 0 Å². The molecule has 1 aromatic heterocycles. The lowest BCUT2D eigenvalue weighted by molar-refractivity contribution is 0.0977. The van der Waals surface area contributed by atoms with Crippen molar-refractivity contribution >= 4 is 22.8 Å². The fourth-order valence-electron chi connectivity index (χ4n) is 1.22. The van der Waals surface area contributed by atoms with Gasteiger partial charge in [0.15, 0.2) is 5.17 Å². The van der Waals surface area contributed by atoms with Crippen LogP contribution in [0, 0.1) is 0 Å². The lowest BCUT2D eigenvalue weighted by Gasteiger charge is -2.04. The van der Waals surface area contributed by atoms with Crippen LogP contribution in [-0.4, -0.2) is 35.5 Å². The van der Waals surface area contributed by atoms with Crippen molar-refractivity contribution in [2.24, 2.45) is 4.99 Å². The van der Waals surface area contributed by atoms with Gasteiger partial charge in [0.25, 0.3) is 5.91 Å². The van der Waals surface area contributed by atoms with Gasteiger partial charge in [-0.15, -0.1) is 0 Å². The second-order valence-corrected chi connectivity index (χ2v) is 4.16. The Bertz CT molecular complexity index is 417. The highest BCUT2D eigenvalue weighted by Gasteiger charge is 2.12. The first-order valence-electron chi connectivity index (χ1n) is 4.78. The smallest absolute Gasteiger partial charge is 0.258 e. The van der Waals surface area contributed by atoms with Crippen LogP contribution in [0.4, 0.5) is 0 Å².